The fraction of sp³-hybridized carbons (Fsp3) is 0.571. The fourth-order valence-corrected chi connectivity index (χ4v) is 2.64. The maximum atomic E-state index is 11.0. The van der Waals surface area contributed by atoms with E-state index in [1.807, 2.05) is 18.2 Å². The van der Waals surface area contributed by atoms with Crippen molar-refractivity contribution >= 4 is 5.97 Å². The first-order valence-electron chi connectivity index (χ1n) is 6.58. The minimum absolute atomic E-state index is 0.00301. The van der Waals surface area contributed by atoms with Crippen molar-refractivity contribution < 1.29 is 9.90 Å². The van der Waals surface area contributed by atoms with Crippen LogP contribution in [-0.4, -0.2) is 45.6 Å². The van der Waals surface area contributed by atoms with Gasteiger partial charge in [-0.05, 0) is 26.0 Å². The number of hydrogen-bond acceptors (Lipinski definition) is 4. The normalized spacial score (nSPS) is 23.2. The summed E-state index contributed by atoms with van der Waals surface area (Å²) < 4.78 is 0. The molecule has 1 aromatic rings. The van der Waals surface area contributed by atoms with Gasteiger partial charge in [0.05, 0.1) is 12.1 Å². The van der Waals surface area contributed by atoms with E-state index in [0.717, 1.165) is 12.2 Å². The van der Waals surface area contributed by atoms with E-state index < -0.39 is 5.97 Å². The molecular formula is C14H21N3O2. The molecule has 19 heavy (non-hydrogen) atoms. The molecule has 0 saturated carbocycles. The molecule has 1 aromatic heterocycles. The monoisotopic (exact) mass is 263 g/mol. The zero-order valence-electron chi connectivity index (χ0n) is 11.5. The largest absolute Gasteiger partial charge is 0.481 e. The van der Waals surface area contributed by atoms with Gasteiger partial charge in [-0.15, -0.1) is 0 Å². The van der Waals surface area contributed by atoms with Crippen LogP contribution in [0.4, 0.5) is 0 Å². The molecule has 2 N–H and O–H groups in total. The summed E-state index contributed by atoms with van der Waals surface area (Å²) >= 11 is 0. The summed E-state index contributed by atoms with van der Waals surface area (Å²) in [6, 6.07) is 5.84. The molecule has 0 radical (unpaired) electrons. The predicted octanol–water partition coefficient (Wildman–Crippen LogP) is 1.11. The number of carbonyl (C=O) groups is 1. The van der Waals surface area contributed by atoms with Gasteiger partial charge in [-0.25, -0.2) is 0 Å². The van der Waals surface area contributed by atoms with E-state index in [9.17, 15) is 4.79 Å². The second-order valence-electron chi connectivity index (χ2n) is 5.64. The Morgan fingerprint density at radius 3 is 3.00 bits per heavy atom. The first kappa shape index (κ1) is 14.0. The number of carboxylic acids is 1. The molecule has 1 aliphatic heterocycles. The Balaban J connectivity index is 2.16. The van der Waals surface area contributed by atoms with Crippen LogP contribution in [0.15, 0.2) is 24.4 Å². The van der Waals surface area contributed by atoms with Crippen molar-refractivity contribution in [3.63, 3.8) is 0 Å². The van der Waals surface area contributed by atoms with Crippen LogP contribution < -0.4 is 5.32 Å². The maximum absolute atomic E-state index is 11.0. The van der Waals surface area contributed by atoms with Crippen molar-refractivity contribution in [3.8, 4) is 0 Å². The van der Waals surface area contributed by atoms with Crippen LogP contribution in [0.2, 0.25) is 0 Å². The highest BCUT2D eigenvalue weighted by Crippen LogP contribution is 2.24. The van der Waals surface area contributed by atoms with Crippen molar-refractivity contribution in [1.82, 2.24) is 15.2 Å². The Bertz CT molecular complexity index is 434. The van der Waals surface area contributed by atoms with Crippen molar-refractivity contribution in [2.75, 3.05) is 13.1 Å². The summed E-state index contributed by atoms with van der Waals surface area (Å²) in [5, 5.41) is 12.4. The average molecular weight is 263 g/mol. The van der Waals surface area contributed by atoms with Gasteiger partial charge in [-0.2, -0.15) is 0 Å². The van der Waals surface area contributed by atoms with E-state index in [4.69, 9.17) is 5.11 Å². The highest BCUT2D eigenvalue weighted by molar-refractivity contribution is 5.67. The molecule has 2 heterocycles. The quantitative estimate of drug-likeness (QED) is 0.852. The van der Waals surface area contributed by atoms with Crippen molar-refractivity contribution in [2.45, 2.75) is 38.4 Å². The van der Waals surface area contributed by atoms with E-state index in [1.54, 1.807) is 6.20 Å². The van der Waals surface area contributed by atoms with Gasteiger partial charge >= 0.3 is 5.97 Å². The summed E-state index contributed by atoms with van der Waals surface area (Å²) in [6.45, 7) is 6.53. The molecule has 1 unspecified atom stereocenters. The molecule has 1 aliphatic rings. The molecule has 0 spiro atoms. The van der Waals surface area contributed by atoms with Crippen LogP contribution in [0.25, 0.3) is 0 Å². The lowest BCUT2D eigenvalue weighted by Crippen LogP contribution is -2.62. The Hall–Kier alpha value is -1.46. The third kappa shape index (κ3) is 3.52. The first-order chi connectivity index (χ1) is 8.99. The van der Waals surface area contributed by atoms with Crippen molar-refractivity contribution in [1.29, 1.82) is 0 Å². The highest BCUT2D eigenvalue weighted by Gasteiger charge is 2.37. The van der Waals surface area contributed by atoms with Crippen LogP contribution >= 0.6 is 0 Å². The zero-order valence-corrected chi connectivity index (χ0v) is 11.5. The number of hydrogen-bond donors (Lipinski definition) is 2. The second kappa shape index (κ2) is 5.67. The molecule has 0 aromatic carbocycles. The van der Waals surface area contributed by atoms with Gasteiger partial charge in [0, 0.05) is 37.4 Å². The van der Waals surface area contributed by atoms with Crippen molar-refractivity contribution in [2.24, 2.45) is 0 Å². The van der Waals surface area contributed by atoms with Crippen LogP contribution in [0.1, 0.15) is 26.0 Å². The Kier molecular flexibility index (Phi) is 4.17. The molecular weight excluding hydrogens is 242 g/mol. The number of nitrogens with one attached hydrogen (secondary N) is 1. The highest BCUT2D eigenvalue weighted by atomic mass is 16.4. The molecule has 0 bridgehead atoms. The van der Waals surface area contributed by atoms with Gasteiger partial charge in [0.2, 0.25) is 0 Å². The third-order valence-electron chi connectivity index (χ3n) is 3.62. The number of carboxylic acid groups (broad SMARTS) is 1. The number of aliphatic carboxylic acids is 1. The summed E-state index contributed by atoms with van der Waals surface area (Å²) in [5.74, 6) is -0.754. The average Bonchev–Trinajstić information content (AvgIpc) is 2.34. The van der Waals surface area contributed by atoms with Gasteiger partial charge < -0.3 is 10.4 Å². The molecule has 1 saturated heterocycles. The SMILES string of the molecule is CC1(C)CNCC(CC(=O)O)N1Cc1ccccn1. The lowest BCUT2D eigenvalue weighted by molar-refractivity contribution is -0.139. The summed E-state index contributed by atoms with van der Waals surface area (Å²) in [7, 11) is 0. The van der Waals surface area contributed by atoms with Crippen LogP contribution in [0.3, 0.4) is 0 Å². The van der Waals surface area contributed by atoms with E-state index in [2.05, 4.69) is 29.0 Å². The first-order valence-corrected chi connectivity index (χ1v) is 6.58. The Morgan fingerprint density at radius 1 is 1.58 bits per heavy atom. The predicted molar refractivity (Wildman–Crippen MR) is 72.8 cm³/mol. The second-order valence-corrected chi connectivity index (χ2v) is 5.64. The lowest BCUT2D eigenvalue weighted by Gasteiger charge is -2.47. The summed E-state index contributed by atoms with van der Waals surface area (Å²) in [6.07, 6.45) is 1.93. The molecule has 5 nitrogen and oxygen atoms in total. The van der Waals surface area contributed by atoms with E-state index in [-0.39, 0.29) is 18.0 Å². The molecule has 0 aliphatic carbocycles. The number of nitrogens with zero attached hydrogens (tertiary/aromatic N) is 2. The van der Waals surface area contributed by atoms with Crippen LogP contribution in [-0.2, 0) is 11.3 Å². The third-order valence-corrected chi connectivity index (χ3v) is 3.62. The van der Waals surface area contributed by atoms with E-state index in [0.29, 0.717) is 13.1 Å². The standard InChI is InChI=1S/C14H21N3O2/c1-14(2)10-15-8-12(7-13(18)19)17(14)9-11-5-3-4-6-16-11/h3-6,12,15H,7-10H2,1-2H3,(H,18,19). The van der Waals surface area contributed by atoms with Gasteiger partial charge in [0.1, 0.15) is 0 Å². The number of aromatic nitrogens is 1. The lowest BCUT2D eigenvalue weighted by atomic mass is 9.94. The number of pyridine rings is 1. The van der Waals surface area contributed by atoms with Gasteiger partial charge in [-0.3, -0.25) is 14.7 Å². The van der Waals surface area contributed by atoms with E-state index in [1.165, 1.54) is 0 Å². The molecule has 1 fully saturated rings. The smallest absolute Gasteiger partial charge is 0.304 e. The molecule has 0 amide bonds. The van der Waals surface area contributed by atoms with Crippen molar-refractivity contribution in [3.05, 3.63) is 30.1 Å². The Labute approximate surface area is 113 Å². The number of piperazine rings is 1. The van der Waals surface area contributed by atoms with Crippen LogP contribution in [0.5, 0.6) is 0 Å². The van der Waals surface area contributed by atoms with Gasteiger partial charge in [-0.1, -0.05) is 6.07 Å². The maximum Gasteiger partial charge on any atom is 0.304 e. The van der Waals surface area contributed by atoms with E-state index >= 15 is 0 Å². The summed E-state index contributed by atoms with van der Waals surface area (Å²) in [4.78, 5) is 17.6. The Morgan fingerprint density at radius 2 is 2.37 bits per heavy atom. The molecule has 2 rings (SSSR count). The zero-order chi connectivity index (χ0) is 13.9. The number of rotatable bonds is 4. The molecule has 104 valence electrons. The minimum atomic E-state index is -0.754. The molecule has 1 atom stereocenters. The molecule has 5 heteroatoms. The van der Waals surface area contributed by atoms with Gasteiger partial charge in [0.15, 0.2) is 0 Å². The topological polar surface area (TPSA) is 65.5 Å². The van der Waals surface area contributed by atoms with Crippen LogP contribution in [0, 0.1) is 0 Å². The fourth-order valence-electron chi connectivity index (χ4n) is 2.64. The summed E-state index contributed by atoms with van der Waals surface area (Å²) in [5.41, 5.74) is 0.906. The van der Waals surface area contributed by atoms with Gasteiger partial charge in [0.25, 0.3) is 0 Å². The minimum Gasteiger partial charge on any atom is -0.481 e.